The Labute approximate surface area is 121 Å². The van der Waals surface area contributed by atoms with Crippen LogP contribution in [0.2, 0.25) is 0 Å². The number of rotatable bonds is 4. The molecule has 0 amide bonds. The molecule has 0 saturated carbocycles. The van der Waals surface area contributed by atoms with Gasteiger partial charge in [0.25, 0.3) is 0 Å². The molecule has 0 bridgehead atoms. The van der Waals surface area contributed by atoms with Gasteiger partial charge in [-0.25, -0.2) is 4.98 Å². The van der Waals surface area contributed by atoms with Gasteiger partial charge in [-0.1, -0.05) is 0 Å². The van der Waals surface area contributed by atoms with Crippen molar-refractivity contribution < 1.29 is 0 Å². The molecular weight excluding hydrogens is 276 g/mol. The number of nitrogens with zero attached hydrogens (tertiary/aromatic N) is 2. The van der Waals surface area contributed by atoms with Crippen molar-refractivity contribution in [3.63, 3.8) is 0 Å². The number of aryl methyl sites for hydroxylation is 2. The molecule has 0 aliphatic heterocycles. The summed E-state index contributed by atoms with van der Waals surface area (Å²) in [6, 6.07) is 2.11. The highest BCUT2D eigenvalue weighted by Gasteiger charge is 2.05. The first kappa shape index (κ1) is 14.0. The Morgan fingerprint density at radius 2 is 2.11 bits per heavy atom. The Kier molecular flexibility index (Phi) is 4.93. The van der Waals surface area contributed by atoms with Crippen molar-refractivity contribution in [3.8, 4) is 0 Å². The van der Waals surface area contributed by atoms with Gasteiger partial charge in [0, 0.05) is 18.5 Å². The fourth-order valence-electron chi connectivity index (χ4n) is 1.70. The number of hydrogen-bond acceptors (Lipinski definition) is 4. The first-order chi connectivity index (χ1) is 9.19. The number of aliphatic imine (C=N–C) groups is 1. The summed E-state index contributed by atoms with van der Waals surface area (Å²) < 4.78 is 0. The van der Waals surface area contributed by atoms with E-state index in [-0.39, 0.29) is 0 Å². The van der Waals surface area contributed by atoms with Gasteiger partial charge in [0.2, 0.25) is 0 Å². The van der Waals surface area contributed by atoms with Crippen LogP contribution in [0.4, 0.5) is 0 Å². The molecule has 0 radical (unpaired) electrons. The molecule has 0 aliphatic carbocycles. The van der Waals surface area contributed by atoms with E-state index in [2.05, 4.69) is 37.4 Å². The fourth-order valence-corrected chi connectivity index (χ4v) is 3.25. The van der Waals surface area contributed by atoms with Gasteiger partial charge in [-0.05, 0) is 36.2 Å². The maximum Gasteiger partial charge on any atom is 0.191 e. The Bertz CT molecular complexity index is 543. The predicted molar refractivity (Wildman–Crippen MR) is 82.9 cm³/mol. The van der Waals surface area contributed by atoms with E-state index in [4.69, 9.17) is 0 Å². The molecule has 102 valence electrons. The summed E-state index contributed by atoms with van der Waals surface area (Å²) in [5, 5.41) is 11.9. The van der Waals surface area contributed by atoms with Crippen LogP contribution in [0.25, 0.3) is 0 Å². The lowest BCUT2D eigenvalue weighted by atomic mass is 10.3. The lowest BCUT2D eigenvalue weighted by Crippen LogP contribution is -2.36. The van der Waals surface area contributed by atoms with Crippen LogP contribution in [0.15, 0.2) is 21.8 Å². The summed E-state index contributed by atoms with van der Waals surface area (Å²) in [6.45, 7) is 5.64. The van der Waals surface area contributed by atoms with E-state index in [1.165, 1.54) is 10.4 Å². The van der Waals surface area contributed by atoms with Gasteiger partial charge in [0.15, 0.2) is 5.96 Å². The van der Waals surface area contributed by atoms with Gasteiger partial charge in [-0.15, -0.1) is 11.3 Å². The third-order valence-corrected chi connectivity index (χ3v) is 4.48. The summed E-state index contributed by atoms with van der Waals surface area (Å²) in [5.41, 5.74) is 2.38. The predicted octanol–water partition coefficient (Wildman–Crippen LogP) is 2.69. The number of hydrogen-bond donors (Lipinski definition) is 2. The van der Waals surface area contributed by atoms with E-state index in [1.807, 2.05) is 13.8 Å². The molecule has 0 aliphatic rings. The Balaban J connectivity index is 1.84. The first-order valence-corrected chi connectivity index (χ1v) is 7.83. The molecule has 0 unspecified atom stereocenters. The van der Waals surface area contributed by atoms with E-state index in [0.29, 0.717) is 0 Å². The number of guanidine groups is 1. The molecule has 0 aromatic carbocycles. The second kappa shape index (κ2) is 6.68. The van der Waals surface area contributed by atoms with Gasteiger partial charge < -0.3 is 10.6 Å². The lowest BCUT2D eigenvalue weighted by molar-refractivity contribution is 0.813. The summed E-state index contributed by atoms with van der Waals surface area (Å²) in [5.74, 6) is 0.816. The third-order valence-electron chi connectivity index (χ3n) is 2.68. The fraction of sp³-hybridized carbons (Fsp3) is 0.385. The molecule has 2 rings (SSSR count). The van der Waals surface area contributed by atoms with Gasteiger partial charge in [-0.3, -0.25) is 4.99 Å². The topological polar surface area (TPSA) is 49.3 Å². The summed E-state index contributed by atoms with van der Waals surface area (Å²) >= 11 is 3.43. The van der Waals surface area contributed by atoms with Crippen LogP contribution in [0, 0.1) is 13.8 Å². The second-order valence-electron chi connectivity index (χ2n) is 4.15. The van der Waals surface area contributed by atoms with Crippen molar-refractivity contribution in [3.05, 3.63) is 38.0 Å². The minimum Gasteiger partial charge on any atom is -0.352 e. The SMILES string of the molecule is CN=C(NCc1ccsc1)NCc1sc(C)nc1C. The molecule has 2 aromatic rings. The van der Waals surface area contributed by atoms with Crippen LogP contribution in [-0.2, 0) is 13.1 Å². The number of nitrogens with one attached hydrogen (secondary N) is 2. The van der Waals surface area contributed by atoms with Crippen molar-refractivity contribution in [2.24, 2.45) is 4.99 Å². The minimum atomic E-state index is 0.765. The largest absolute Gasteiger partial charge is 0.352 e. The Hall–Kier alpha value is -1.40. The molecule has 6 heteroatoms. The highest BCUT2D eigenvalue weighted by molar-refractivity contribution is 7.11. The van der Waals surface area contributed by atoms with Crippen LogP contribution in [0.5, 0.6) is 0 Å². The first-order valence-electron chi connectivity index (χ1n) is 6.07. The van der Waals surface area contributed by atoms with E-state index < -0.39 is 0 Å². The average Bonchev–Trinajstić information content (AvgIpc) is 3.00. The highest BCUT2D eigenvalue weighted by atomic mass is 32.1. The zero-order valence-electron chi connectivity index (χ0n) is 11.4. The van der Waals surface area contributed by atoms with Crippen LogP contribution < -0.4 is 10.6 Å². The molecule has 0 fully saturated rings. The van der Waals surface area contributed by atoms with Crippen molar-refractivity contribution in [1.82, 2.24) is 15.6 Å². The van der Waals surface area contributed by atoms with Crippen LogP contribution in [0.1, 0.15) is 21.1 Å². The van der Waals surface area contributed by atoms with Gasteiger partial charge in [-0.2, -0.15) is 11.3 Å². The average molecular weight is 294 g/mol. The van der Waals surface area contributed by atoms with Gasteiger partial charge in [0.1, 0.15) is 0 Å². The lowest BCUT2D eigenvalue weighted by Gasteiger charge is -2.10. The standard InChI is InChI=1S/C13H18N4S2/c1-9-12(19-10(2)17-9)7-16-13(14-3)15-6-11-4-5-18-8-11/h4-5,8H,6-7H2,1-3H3,(H2,14,15,16). The van der Waals surface area contributed by atoms with Crippen molar-refractivity contribution in [2.75, 3.05) is 7.05 Å². The van der Waals surface area contributed by atoms with Gasteiger partial charge >= 0.3 is 0 Å². The maximum absolute atomic E-state index is 4.42. The van der Waals surface area contributed by atoms with Crippen molar-refractivity contribution in [2.45, 2.75) is 26.9 Å². The van der Waals surface area contributed by atoms with Crippen LogP contribution in [0.3, 0.4) is 0 Å². The van der Waals surface area contributed by atoms with E-state index in [9.17, 15) is 0 Å². The van der Waals surface area contributed by atoms with Crippen molar-refractivity contribution in [1.29, 1.82) is 0 Å². The molecule has 2 heterocycles. The molecule has 0 spiro atoms. The summed E-state index contributed by atoms with van der Waals surface area (Å²) in [4.78, 5) is 9.90. The van der Waals surface area contributed by atoms with E-state index in [1.54, 1.807) is 29.7 Å². The van der Waals surface area contributed by atoms with E-state index >= 15 is 0 Å². The van der Waals surface area contributed by atoms with Gasteiger partial charge in [0.05, 0.1) is 17.2 Å². The monoisotopic (exact) mass is 294 g/mol. The maximum atomic E-state index is 4.42. The second-order valence-corrected chi connectivity index (χ2v) is 6.22. The number of aromatic nitrogens is 1. The highest BCUT2D eigenvalue weighted by Crippen LogP contribution is 2.16. The van der Waals surface area contributed by atoms with E-state index in [0.717, 1.165) is 29.8 Å². The summed E-state index contributed by atoms with van der Waals surface area (Å²) in [7, 11) is 1.79. The molecule has 0 saturated heterocycles. The quantitative estimate of drug-likeness (QED) is 0.673. The van der Waals surface area contributed by atoms with Crippen molar-refractivity contribution >= 4 is 28.6 Å². The molecule has 19 heavy (non-hydrogen) atoms. The smallest absolute Gasteiger partial charge is 0.191 e. The third kappa shape index (κ3) is 4.04. The minimum absolute atomic E-state index is 0.765. The molecule has 2 aromatic heterocycles. The Morgan fingerprint density at radius 1 is 1.32 bits per heavy atom. The van der Waals surface area contributed by atoms with Crippen LogP contribution in [-0.4, -0.2) is 18.0 Å². The number of thiazole rings is 1. The normalized spacial score (nSPS) is 11.6. The zero-order chi connectivity index (χ0) is 13.7. The molecule has 4 nitrogen and oxygen atoms in total. The Morgan fingerprint density at radius 3 is 2.68 bits per heavy atom. The molecule has 0 atom stereocenters. The summed E-state index contributed by atoms with van der Waals surface area (Å²) in [6.07, 6.45) is 0. The molecular formula is C13H18N4S2. The van der Waals surface area contributed by atoms with Crippen LogP contribution >= 0.6 is 22.7 Å². The zero-order valence-corrected chi connectivity index (χ0v) is 13.0. The number of thiophene rings is 1. The molecule has 2 N–H and O–H groups in total.